The van der Waals surface area contributed by atoms with E-state index >= 15 is 0 Å². The van der Waals surface area contributed by atoms with Crippen LogP contribution in [0.25, 0.3) is 0 Å². The van der Waals surface area contributed by atoms with Gasteiger partial charge >= 0.3 is 6.03 Å². The smallest absolute Gasteiger partial charge is 0.315 e. The maximum absolute atomic E-state index is 11.7. The first-order valence-electron chi connectivity index (χ1n) is 7.16. The lowest BCUT2D eigenvalue weighted by atomic mass is 10.2. The van der Waals surface area contributed by atoms with Crippen LogP contribution in [0, 0.1) is 0 Å². The highest BCUT2D eigenvalue weighted by atomic mass is 16.5. The predicted molar refractivity (Wildman–Crippen MR) is 70.6 cm³/mol. The fourth-order valence-electron chi connectivity index (χ4n) is 2.70. The van der Waals surface area contributed by atoms with Crippen LogP contribution in [-0.4, -0.2) is 55.9 Å². The Hall–Kier alpha value is -0.810. The van der Waals surface area contributed by atoms with Gasteiger partial charge in [-0.3, -0.25) is 4.90 Å². The predicted octanol–water partition coefficient (Wildman–Crippen LogP) is 0.949. The van der Waals surface area contributed by atoms with Gasteiger partial charge in [-0.15, -0.1) is 0 Å². The SMILES string of the molecule is CCN1CCOC(CNC(=O)NC2CCCC2)C1. The molecule has 0 bridgehead atoms. The molecule has 0 aromatic carbocycles. The average Bonchev–Trinajstić information content (AvgIpc) is 2.89. The monoisotopic (exact) mass is 255 g/mol. The van der Waals surface area contributed by atoms with Crippen molar-refractivity contribution in [2.75, 3.05) is 32.8 Å². The van der Waals surface area contributed by atoms with Crippen molar-refractivity contribution < 1.29 is 9.53 Å². The molecule has 2 fully saturated rings. The van der Waals surface area contributed by atoms with E-state index in [0.29, 0.717) is 12.6 Å². The summed E-state index contributed by atoms with van der Waals surface area (Å²) in [5, 5.41) is 5.95. The maximum Gasteiger partial charge on any atom is 0.315 e. The summed E-state index contributed by atoms with van der Waals surface area (Å²) in [5.74, 6) is 0. The molecule has 1 atom stereocenters. The van der Waals surface area contributed by atoms with E-state index in [2.05, 4.69) is 22.5 Å². The van der Waals surface area contributed by atoms with Crippen molar-refractivity contribution in [3.63, 3.8) is 0 Å². The Kier molecular flexibility index (Phi) is 5.26. The maximum atomic E-state index is 11.7. The van der Waals surface area contributed by atoms with Crippen molar-refractivity contribution >= 4 is 6.03 Å². The van der Waals surface area contributed by atoms with Crippen LogP contribution in [0.4, 0.5) is 4.79 Å². The first kappa shape index (κ1) is 13.6. The number of amides is 2. The van der Waals surface area contributed by atoms with Gasteiger partial charge in [-0.25, -0.2) is 4.79 Å². The molecule has 18 heavy (non-hydrogen) atoms. The molecular weight excluding hydrogens is 230 g/mol. The second kappa shape index (κ2) is 6.95. The van der Waals surface area contributed by atoms with Crippen LogP contribution < -0.4 is 10.6 Å². The van der Waals surface area contributed by atoms with E-state index in [0.717, 1.165) is 39.1 Å². The molecule has 2 N–H and O–H groups in total. The molecule has 2 rings (SSSR count). The molecule has 104 valence electrons. The Morgan fingerprint density at radius 2 is 2.17 bits per heavy atom. The van der Waals surface area contributed by atoms with E-state index in [-0.39, 0.29) is 12.1 Å². The van der Waals surface area contributed by atoms with Gasteiger partial charge in [0.1, 0.15) is 0 Å². The van der Waals surface area contributed by atoms with E-state index in [4.69, 9.17) is 4.74 Å². The van der Waals surface area contributed by atoms with Crippen molar-refractivity contribution in [2.45, 2.75) is 44.8 Å². The molecule has 1 unspecified atom stereocenters. The minimum absolute atomic E-state index is 0.0425. The van der Waals surface area contributed by atoms with Crippen LogP contribution in [0.1, 0.15) is 32.6 Å². The standard InChI is InChI=1S/C13H25N3O2/c1-2-16-7-8-18-12(10-16)9-14-13(17)15-11-5-3-4-6-11/h11-12H,2-10H2,1H3,(H2,14,15,17). The molecule has 2 amide bonds. The number of ether oxygens (including phenoxy) is 1. The number of likely N-dealkylation sites (N-methyl/N-ethyl adjacent to an activating group) is 1. The minimum Gasteiger partial charge on any atom is -0.374 e. The zero-order valence-electron chi connectivity index (χ0n) is 11.3. The third kappa shape index (κ3) is 4.14. The van der Waals surface area contributed by atoms with Gasteiger partial charge in [-0.05, 0) is 19.4 Å². The summed E-state index contributed by atoms with van der Waals surface area (Å²) >= 11 is 0. The van der Waals surface area contributed by atoms with Crippen molar-refractivity contribution in [1.29, 1.82) is 0 Å². The van der Waals surface area contributed by atoms with E-state index in [9.17, 15) is 4.79 Å². The Bertz CT molecular complexity index is 267. The zero-order chi connectivity index (χ0) is 12.8. The molecule has 5 heteroatoms. The highest BCUT2D eigenvalue weighted by molar-refractivity contribution is 5.74. The van der Waals surface area contributed by atoms with E-state index in [1.54, 1.807) is 0 Å². The molecule has 5 nitrogen and oxygen atoms in total. The number of carbonyl (C=O) groups excluding carboxylic acids is 1. The van der Waals surface area contributed by atoms with Gasteiger partial charge in [-0.1, -0.05) is 19.8 Å². The topological polar surface area (TPSA) is 53.6 Å². The molecule has 2 aliphatic rings. The minimum atomic E-state index is -0.0425. The van der Waals surface area contributed by atoms with Gasteiger partial charge in [0.2, 0.25) is 0 Å². The lowest BCUT2D eigenvalue weighted by Gasteiger charge is -2.32. The van der Waals surface area contributed by atoms with E-state index in [1.165, 1.54) is 12.8 Å². The Labute approximate surface area is 109 Å². The highest BCUT2D eigenvalue weighted by Gasteiger charge is 2.21. The second-order valence-electron chi connectivity index (χ2n) is 5.22. The second-order valence-corrected chi connectivity index (χ2v) is 5.22. The molecule has 0 aromatic heterocycles. The van der Waals surface area contributed by atoms with Crippen LogP contribution in [0.5, 0.6) is 0 Å². The van der Waals surface area contributed by atoms with Gasteiger partial charge in [-0.2, -0.15) is 0 Å². The van der Waals surface area contributed by atoms with Gasteiger partial charge in [0.15, 0.2) is 0 Å². The highest BCUT2D eigenvalue weighted by Crippen LogP contribution is 2.17. The third-order valence-corrected chi connectivity index (χ3v) is 3.85. The summed E-state index contributed by atoms with van der Waals surface area (Å²) in [7, 11) is 0. The summed E-state index contributed by atoms with van der Waals surface area (Å²) in [6.07, 6.45) is 4.85. The lowest BCUT2D eigenvalue weighted by Crippen LogP contribution is -2.49. The number of nitrogens with one attached hydrogen (secondary N) is 2. The molecular formula is C13H25N3O2. The molecule has 1 aliphatic carbocycles. The normalized spacial score (nSPS) is 26.2. The molecule has 1 heterocycles. The van der Waals surface area contributed by atoms with Crippen molar-refractivity contribution in [3.05, 3.63) is 0 Å². The van der Waals surface area contributed by atoms with E-state index < -0.39 is 0 Å². The molecule has 1 aliphatic heterocycles. The van der Waals surface area contributed by atoms with Crippen LogP contribution in [0.2, 0.25) is 0 Å². The number of nitrogens with zero attached hydrogens (tertiary/aromatic N) is 1. The summed E-state index contributed by atoms with van der Waals surface area (Å²) in [5.41, 5.74) is 0. The fourth-order valence-corrected chi connectivity index (χ4v) is 2.70. The Morgan fingerprint density at radius 1 is 1.39 bits per heavy atom. The van der Waals surface area contributed by atoms with Crippen LogP contribution in [0.15, 0.2) is 0 Å². The van der Waals surface area contributed by atoms with E-state index in [1.807, 2.05) is 0 Å². The van der Waals surface area contributed by atoms with Crippen molar-refractivity contribution in [3.8, 4) is 0 Å². The average molecular weight is 255 g/mol. The number of urea groups is 1. The first-order chi connectivity index (χ1) is 8.78. The number of morpholine rings is 1. The largest absolute Gasteiger partial charge is 0.374 e. The van der Waals surface area contributed by atoms with Crippen LogP contribution >= 0.6 is 0 Å². The molecule has 1 saturated carbocycles. The summed E-state index contributed by atoms with van der Waals surface area (Å²) < 4.78 is 5.65. The number of hydrogen-bond donors (Lipinski definition) is 2. The molecule has 1 saturated heterocycles. The Morgan fingerprint density at radius 3 is 2.89 bits per heavy atom. The van der Waals surface area contributed by atoms with Gasteiger partial charge in [0.25, 0.3) is 0 Å². The summed E-state index contributed by atoms with van der Waals surface area (Å²) in [6, 6.07) is 0.337. The molecule has 0 aromatic rings. The Balaban J connectivity index is 1.62. The number of rotatable bonds is 4. The van der Waals surface area contributed by atoms with Crippen molar-refractivity contribution in [1.82, 2.24) is 15.5 Å². The summed E-state index contributed by atoms with van der Waals surface area (Å²) in [6.45, 7) is 6.50. The zero-order valence-corrected chi connectivity index (χ0v) is 11.3. The fraction of sp³-hybridized carbons (Fsp3) is 0.923. The van der Waals surface area contributed by atoms with Gasteiger partial charge in [0, 0.05) is 25.7 Å². The van der Waals surface area contributed by atoms with Gasteiger partial charge < -0.3 is 15.4 Å². The number of carbonyl (C=O) groups is 1. The van der Waals surface area contributed by atoms with Gasteiger partial charge in [0.05, 0.1) is 12.7 Å². The lowest BCUT2D eigenvalue weighted by molar-refractivity contribution is -0.0240. The third-order valence-electron chi connectivity index (χ3n) is 3.85. The van der Waals surface area contributed by atoms with Crippen LogP contribution in [0.3, 0.4) is 0 Å². The quantitative estimate of drug-likeness (QED) is 0.786. The van der Waals surface area contributed by atoms with Crippen LogP contribution in [-0.2, 0) is 4.74 Å². The summed E-state index contributed by atoms with van der Waals surface area (Å²) in [4.78, 5) is 14.1. The number of hydrogen-bond acceptors (Lipinski definition) is 3. The molecule has 0 radical (unpaired) electrons. The first-order valence-corrected chi connectivity index (χ1v) is 7.16. The molecule has 0 spiro atoms. The van der Waals surface area contributed by atoms with Crippen molar-refractivity contribution in [2.24, 2.45) is 0 Å².